The molecule has 1 aliphatic rings. The summed E-state index contributed by atoms with van der Waals surface area (Å²) in [7, 11) is 2.18. The van der Waals surface area contributed by atoms with Crippen molar-refractivity contribution in [1.82, 2.24) is 4.90 Å². The molecule has 1 aromatic carbocycles. The lowest BCUT2D eigenvalue weighted by Gasteiger charge is -2.32. The van der Waals surface area contributed by atoms with E-state index in [0.29, 0.717) is 11.0 Å². The number of hydrogen-bond acceptors (Lipinski definition) is 3. The summed E-state index contributed by atoms with van der Waals surface area (Å²) < 4.78 is 0.974. The maximum absolute atomic E-state index is 5.90. The number of benzene rings is 1. The van der Waals surface area contributed by atoms with Crippen LogP contribution in [-0.2, 0) is 0 Å². The van der Waals surface area contributed by atoms with Gasteiger partial charge >= 0.3 is 0 Å². The van der Waals surface area contributed by atoms with E-state index in [9.17, 15) is 0 Å². The Morgan fingerprint density at radius 3 is 2.84 bits per heavy atom. The molecule has 1 fully saturated rings. The number of hydrogen-bond donors (Lipinski definition) is 1. The maximum Gasteiger partial charge on any atom is 0.107 e. The Labute approximate surface area is 128 Å². The van der Waals surface area contributed by atoms with Crippen molar-refractivity contribution in [3.63, 3.8) is 0 Å². The predicted molar refractivity (Wildman–Crippen MR) is 89.0 cm³/mol. The highest BCUT2D eigenvalue weighted by Gasteiger charge is 2.23. The fourth-order valence-corrected chi connectivity index (χ4v) is 3.64. The van der Waals surface area contributed by atoms with Crippen molar-refractivity contribution < 1.29 is 0 Å². The molecule has 0 amide bonds. The van der Waals surface area contributed by atoms with Gasteiger partial charge in [-0.25, -0.2) is 0 Å². The summed E-state index contributed by atoms with van der Waals surface area (Å²) in [6.07, 6.45) is 1.16. The number of thiocarbonyl (C=S) groups is 1. The van der Waals surface area contributed by atoms with Gasteiger partial charge in [-0.05, 0) is 55.0 Å². The van der Waals surface area contributed by atoms with Gasteiger partial charge in [0.25, 0.3) is 0 Å². The van der Waals surface area contributed by atoms with Crippen molar-refractivity contribution >= 4 is 38.8 Å². The number of halogens is 1. The topological polar surface area (TPSA) is 32.5 Å². The van der Waals surface area contributed by atoms with Crippen LogP contribution in [-0.4, -0.2) is 42.6 Å². The Bertz CT molecular complexity index is 478. The highest BCUT2D eigenvalue weighted by Crippen LogP contribution is 2.30. The van der Waals surface area contributed by atoms with Crippen molar-refractivity contribution in [1.29, 1.82) is 0 Å². The van der Waals surface area contributed by atoms with Crippen molar-refractivity contribution in [2.24, 2.45) is 5.73 Å². The molecule has 1 atom stereocenters. The Morgan fingerprint density at radius 1 is 1.42 bits per heavy atom. The molecule has 19 heavy (non-hydrogen) atoms. The van der Waals surface area contributed by atoms with Gasteiger partial charge < -0.3 is 15.5 Å². The fourth-order valence-electron chi connectivity index (χ4n) is 2.73. The Hall–Kier alpha value is -0.650. The van der Waals surface area contributed by atoms with Crippen LogP contribution in [0.25, 0.3) is 0 Å². The third kappa shape index (κ3) is 3.27. The lowest BCUT2D eigenvalue weighted by atomic mass is 10.1. The summed E-state index contributed by atoms with van der Waals surface area (Å²) >= 11 is 8.77. The van der Waals surface area contributed by atoms with Gasteiger partial charge in [0, 0.05) is 34.9 Å². The van der Waals surface area contributed by atoms with Gasteiger partial charge in [-0.2, -0.15) is 0 Å². The zero-order chi connectivity index (χ0) is 14.0. The number of rotatable bonds is 2. The van der Waals surface area contributed by atoms with Crippen LogP contribution in [0.15, 0.2) is 22.7 Å². The first kappa shape index (κ1) is 14.8. The SMILES string of the molecule is CC1CN(C)CCCN1c1cccc(Br)c1C(N)=S. The molecule has 1 saturated heterocycles. The number of likely N-dealkylation sites (N-methyl/N-ethyl adjacent to an activating group) is 1. The molecule has 1 aromatic rings. The average molecular weight is 342 g/mol. The molecule has 5 heteroatoms. The second-order valence-corrected chi connectivity index (χ2v) is 6.45. The first-order valence-corrected chi connectivity index (χ1v) is 7.74. The fraction of sp³-hybridized carbons (Fsp3) is 0.500. The number of nitrogens with zero attached hydrogens (tertiary/aromatic N) is 2. The first-order chi connectivity index (χ1) is 9.00. The van der Waals surface area contributed by atoms with Crippen molar-refractivity contribution in [2.45, 2.75) is 19.4 Å². The van der Waals surface area contributed by atoms with Crippen LogP contribution in [0.4, 0.5) is 5.69 Å². The van der Waals surface area contributed by atoms with Crippen LogP contribution in [0.5, 0.6) is 0 Å². The van der Waals surface area contributed by atoms with Crippen LogP contribution in [0.1, 0.15) is 18.9 Å². The molecule has 1 aliphatic heterocycles. The summed E-state index contributed by atoms with van der Waals surface area (Å²) in [5, 5.41) is 0. The van der Waals surface area contributed by atoms with Crippen LogP contribution >= 0.6 is 28.1 Å². The Morgan fingerprint density at radius 2 is 2.16 bits per heavy atom. The minimum absolute atomic E-state index is 0.451. The molecule has 0 radical (unpaired) electrons. The summed E-state index contributed by atoms with van der Waals surface area (Å²) in [4.78, 5) is 5.25. The minimum Gasteiger partial charge on any atom is -0.389 e. The minimum atomic E-state index is 0.451. The zero-order valence-electron chi connectivity index (χ0n) is 11.4. The lowest BCUT2D eigenvalue weighted by Crippen LogP contribution is -2.39. The highest BCUT2D eigenvalue weighted by molar-refractivity contribution is 9.10. The summed E-state index contributed by atoms with van der Waals surface area (Å²) in [5.74, 6) is 0. The van der Waals surface area contributed by atoms with E-state index in [-0.39, 0.29) is 0 Å². The van der Waals surface area contributed by atoms with Crippen molar-refractivity contribution in [3.8, 4) is 0 Å². The van der Waals surface area contributed by atoms with E-state index >= 15 is 0 Å². The van der Waals surface area contributed by atoms with E-state index in [1.165, 1.54) is 0 Å². The van der Waals surface area contributed by atoms with Crippen LogP contribution in [0, 0.1) is 0 Å². The van der Waals surface area contributed by atoms with Crippen LogP contribution < -0.4 is 10.6 Å². The monoisotopic (exact) mass is 341 g/mol. The standard InChI is InChI=1S/C14H20BrN3S/c1-10-9-17(2)7-4-8-18(10)12-6-3-5-11(15)13(12)14(16)19/h3,5-6,10H,4,7-9H2,1-2H3,(H2,16,19). The second-order valence-electron chi connectivity index (χ2n) is 5.16. The van der Waals surface area contributed by atoms with E-state index in [4.69, 9.17) is 18.0 Å². The van der Waals surface area contributed by atoms with Gasteiger partial charge in [0.05, 0.1) is 0 Å². The molecule has 1 heterocycles. The molecular formula is C14H20BrN3S. The van der Waals surface area contributed by atoms with Gasteiger partial charge in [-0.3, -0.25) is 0 Å². The normalized spacial score (nSPS) is 21.2. The van der Waals surface area contributed by atoms with E-state index in [1.54, 1.807) is 0 Å². The molecular weight excluding hydrogens is 322 g/mol. The molecule has 0 spiro atoms. The lowest BCUT2D eigenvalue weighted by molar-refractivity contribution is 0.337. The molecule has 0 aromatic heterocycles. The molecule has 2 N–H and O–H groups in total. The summed E-state index contributed by atoms with van der Waals surface area (Å²) in [6.45, 7) is 5.49. The van der Waals surface area contributed by atoms with E-state index in [0.717, 1.165) is 41.8 Å². The number of nitrogens with two attached hydrogens (primary N) is 1. The van der Waals surface area contributed by atoms with Crippen molar-refractivity contribution in [2.75, 3.05) is 31.6 Å². The van der Waals surface area contributed by atoms with Crippen LogP contribution in [0.2, 0.25) is 0 Å². The van der Waals surface area contributed by atoms with Crippen LogP contribution in [0.3, 0.4) is 0 Å². The summed E-state index contributed by atoms with van der Waals surface area (Å²) in [6, 6.07) is 6.60. The first-order valence-electron chi connectivity index (χ1n) is 6.54. The Kier molecular flexibility index (Phi) is 4.81. The largest absolute Gasteiger partial charge is 0.389 e. The van der Waals surface area contributed by atoms with E-state index in [1.807, 2.05) is 12.1 Å². The zero-order valence-corrected chi connectivity index (χ0v) is 13.8. The van der Waals surface area contributed by atoms with E-state index < -0.39 is 0 Å². The van der Waals surface area contributed by atoms with Gasteiger partial charge in [0.2, 0.25) is 0 Å². The van der Waals surface area contributed by atoms with Gasteiger partial charge in [-0.15, -0.1) is 0 Å². The highest BCUT2D eigenvalue weighted by atomic mass is 79.9. The molecule has 0 saturated carbocycles. The predicted octanol–water partition coefficient (Wildman–Crippen LogP) is 2.61. The quantitative estimate of drug-likeness (QED) is 0.838. The van der Waals surface area contributed by atoms with Gasteiger partial charge in [0.1, 0.15) is 4.99 Å². The summed E-state index contributed by atoms with van der Waals surface area (Å²) in [5.41, 5.74) is 7.99. The molecule has 104 valence electrons. The third-order valence-corrected chi connectivity index (χ3v) is 4.46. The Balaban J connectivity index is 2.40. The molecule has 2 rings (SSSR count). The molecule has 1 unspecified atom stereocenters. The smallest absolute Gasteiger partial charge is 0.107 e. The van der Waals surface area contributed by atoms with Gasteiger partial charge in [0.15, 0.2) is 0 Å². The molecule has 0 aliphatic carbocycles. The average Bonchev–Trinajstić information content (AvgIpc) is 2.49. The molecule has 3 nitrogen and oxygen atoms in total. The molecule has 0 bridgehead atoms. The second kappa shape index (κ2) is 6.20. The third-order valence-electron chi connectivity index (χ3n) is 3.59. The number of anilines is 1. The van der Waals surface area contributed by atoms with Crippen molar-refractivity contribution in [3.05, 3.63) is 28.2 Å². The maximum atomic E-state index is 5.90. The van der Waals surface area contributed by atoms with Gasteiger partial charge in [-0.1, -0.05) is 18.3 Å². The van der Waals surface area contributed by atoms with E-state index in [2.05, 4.69) is 45.8 Å².